The van der Waals surface area contributed by atoms with E-state index in [0.29, 0.717) is 23.3 Å². The lowest BCUT2D eigenvalue weighted by molar-refractivity contribution is 0.0471. The van der Waals surface area contributed by atoms with E-state index in [1.54, 1.807) is 30.3 Å². The van der Waals surface area contributed by atoms with Crippen molar-refractivity contribution >= 4 is 5.97 Å². The second-order valence-corrected chi connectivity index (χ2v) is 5.40. The van der Waals surface area contributed by atoms with Crippen molar-refractivity contribution in [1.29, 1.82) is 5.26 Å². The Labute approximate surface area is 136 Å². The SMILES string of the molecule is CC(C)OCc1ccc(C(=O)OCc2ccccc2C#N)cc1. The van der Waals surface area contributed by atoms with Crippen molar-refractivity contribution in [3.8, 4) is 6.07 Å². The van der Waals surface area contributed by atoms with Crippen LogP contribution < -0.4 is 0 Å². The Morgan fingerprint density at radius 3 is 2.43 bits per heavy atom. The molecule has 0 aliphatic rings. The minimum Gasteiger partial charge on any atom is -0.457 e. The molecule has 0 N–H and O–H groups in total. The summed E-state index contributed by atoms with van der Waals surface area (Å²) in [5.74, 6) is -0.408. The highest BCUT2D eigenvalue weighted by molar-refractivity contribution is 5.89. The second kappa shape index (κ2) is 8.11. The summed E-state index contributed by atoms with van der Waals surface area (Å²) in [6.07, 6.45) is 0.167. The van der Waals surface area contributed by atoms with Crippen LogP contribution in [0.2, 0.25) is 0 Å². The van der Waals surface area contributed by atoms with E-state index in [-0.39, 0.29) is 12.7 Å². The van der Waals surface area contributed by atoms with Gasteiger partial charge in [-0.15, -0.1) is 0 Å². The summed E-state index contributed by atoms with van der Waals surface area (Å²) in [6, 6.07) is 16.3. The third-order valence-electron chi connectivity index (χ3n) is 3.27. The molecule has 0 fully saturated rings. The van der Waals surface area contributed by atoms with Crippen molar-refractivity contribution in [3.63, 3.8) is 0 Å². The molecule has 0 radical (unpaired) electrons. The molecule has 0 aliphatic heterocycles. The van der Waals surface area contributed by atoms with Gasteiger partial charge < -0.3 is 9.47 Å². The van der Waals surface area contributed by atoms with Gasteiger partial charge in [-0.1, -0.05) is 30.3 Å². The van der Waals surface area contributed by atoms with E-state index in [1.165, 1.54) is 0 Å². The highest BCUT2D eigenvalue weighted by Crippen LogP contribution is 2.12. The molecular weight excluding hydrogens is 290 g/mol. The number of carbonyl (C=O) groups excluding carboxylic acids is 1. The fraction of sp³-hybridized carbons (Fsp3) is 0.263. The second-order valence-electron chi connectivity index (χ2n) is 5.40. The smallest absolute Gasteiger partial charge is 0.338 e. The fourth-order valence-electron chi connectivity index (χ4n) is 1.98. The van der Waals surface area contributed by atoms with Gasteiger partial charge in [0.2, 0.25) is 0 Å². The van der Waals surface area contributed by atoms with E-state index in [0.717, 1.165) is 5.56 Å². The third kappa shape index (κ3) is 4.94. The molecule has 2 aromatic carbocycles. The summed E-state index contributed by atoms with van der Waals surface area (Å²) in [6.45, 7) is 4.55. The Morgan fingerprint density at radius 1 is 1.09 bits per heavy atom. The zero-order valence-corrected chi connectivity index (χ0v) is 13.3. The van der Waals surface area contributed by atoms with Crippen molar-refractivity contribution in [3.05, 3.63) is 70.8 Å². The zero-order chi connectivity index (χ0) is 16.7. The predicted octanol–water partition coefficient (Wildman–Crippen LogP) is 3.84. The molecule has 4 heteroatoms. The van der Waals surface area contributed by atoms with Gasteiger partial charge in [0.15, 0.2) is 0 Å². The lowest BCUT2D eigenvalue weighted by Gasteiger charge is -2.09. The average molecular weight is 309 g/mol. The molecule has 118 valence electrons. The topological polar surface area (TPSA) is 59.3 Å². The number of nitriles is 1. The molecule has 0 heterocycles. The first-order chi connectivity index (χ1) is 11.1. The maximum absolute atomic E-state index is 12.1. The normalized spacial score (nSPS) is 10.3. The minimum atomic E-state index is -0.408. The van der Waals surface area contributed by atoms with E-state index < -0.39 is 5.97 Å². The summed E-state index contributed by atoms with van der Waals surface area (Å²) in [7, 11) is 0. The Bertz CT molecular complexity index is 699. The number of nitrogens with zero attached hydrogens (tertiary/aromatic N) is 1. The molecule has 0 spiro atoms. The lowest BCUT2D eigenvalue weighted by atomic mass is 10.1. The van der Waals surface area contributed by atoms with Gasteiger partial charge in [0, 0.05) is 5.56 Å². The highest BCUT2D eigenvalue weighted by atomic mass is 16.5. The third-order valence-corrected chi connectivity index (χ3v) is 3.27. The molecule has 0 bridgehead atoms. The van der Waals surface area contributed by atoms with Crippen molar-refractivity contribution in [2.75, 3.05) is 0 Å². The minimum absolute atomic E-state index is 0.0841. The van der Waals surface area contributed by atoms with Gasteiger partial charge in [0.1, 0.15) is 6.61 Å². The average Bonchev–Trinajstić information content (AvgIpc) is 2.58. The summed E-state index contributed by atoms with van der Waals surface area (Å²) in [4.78, 5) is 12.1. The molecule has 0 aromatic heterocycles. The first-order valence-electron chi connectivity index (χ1n) is 7.46. The van der Waals surface area contributed by atoms with Crippen molar-refractivity contribution in [2.24, 2.45) is 0 Å². The number of hydrogen-bond donors (Lipinski definition) is 0. The van der Waals surface area contributed by atoms with Crippen LogP contribution in [0, 0.1) is 11.3 Å². The first kappa shape index (κ1) is 16.7. The van der Waals surface area contributed by atoms with Gasteiger partial charge in [0.05, 0.1) is 29.9 Å². The molecule has 4 nitrogen and oxygen atoms in total. The van der Waals surface area contributed by atoms with Crippen molar-refractivity contribution in [1.82, 2.24) is 0 Å². The lowest BCUT2D eigenvalue weighted by Crippen LogP contribution is -2.07. The van der Waals surface area contributed by atoms with Crippen molar-refractivity contribution < 1.29 is 14.3 Å². The largest absolute Gasteiger partial charge is 0.457 e. The van der Waals surface area contributed by atoms with Crippen molar-refractivity contribution in [2.45, 2.75) is 33.2 Å². The number of rotatable bonds is 6. The number of carbonyl (C=O) groups is 1. The zero-order valence-electron chi connectivity index (χ0n) is 13.3. The Balaban J connectivity index is 1.94. The highest BCUT2D eigenvalue weighted by Gasteiger charge is 2.09. The van der Waals surface area contributed by atoms with E-state index in [4.69, 9.17) is 14.7 Å². The van der Waals surface area contributed by atoms with Crippen LogP contribution in [-0.4, -0.2) is 12.1 Å². The Kier molecular flexibility index (Phi) is 5.90. The van der Waals surface area contributed by atoms with Crippen LogP contribution in [0.4, 0.5) is 0 Å². The van der Waals surface area contributed by atoms with Crippen LogP contribution in [-0.2, 0) is 22.7 Å². The van der Waals surface area contributed by atoms with Crippen LogP contribution in [0.25, 0.3) is 0 Å². The van der Waals surface area contributed by atoms with Crippen LogP contribution in [0.1, 0.15) is 40.9 Å². The summed E-state index contributed by atoms with van der Waals surface area (Å²) in [5, 5.41) is 9.02. The Morgan fingerprint density at radius 2 is 1.78 bits per heavy atom. The predicted molar refractivity (Wildman–Crippen MR) is 86.6 cm³/mol. The van der Waals surface area contributed by atoms with Crippen LogP contribution in [0.5, 0.6) is 0 Å². The van der Waals surface area contributed by atoms with Crippen LogP contribution in [0.3, 0.4) is 0 Å². The van der Waals surface area contributed by atoms with Gasteiger partial charge in [-0.2, -0.15) is 5.26 Å². The van der Waals surface area contributed by atoms with E-state index in [1.807, 2.05) is 32.0 Å². The van der Waals surface area contributed by atoms with Gasteiger partial charge in [0.25, 0.3) is 0 Å². The molecular formula is C19H19NO3. The molecule has 0 saturated carbocycles. The van der Waals surface area contributed by atoms with Gasteiger partial charge >= 0.3 is 5.97 Å². The summed E-state index contributed by atoms with van der Waals surface area (Å²) >= 11 is 0. The number of benzene rings is 2. The number of hydrogen-bond acceptors (Lipinski definition) is 4. The van der Waals surface area contributed by atoms with Gasteiger partial charge in [-0.25, -0.2) is 4.79 Å². The van der Waals surface area contributed by atoms with E-state index in [9.17, 15) is 4.79 Å². The van der Waals surface area contributed by atoms with Gasteiger partial charge in [-0.3, -0.25) is 0 Å². The van der Waals surface area contributed by atoms with Crippen LogP contribution >= 0.6 is 0 Å². The number of ether oxygens (including phenoxy) is 2. The summed E-state index contributed by atoms with van der Waals surface area (Å²) < 4.78 is 10.8. The maximum Gasteiger partial charge on any atom is 0.338 e. The quantitative estimate of drug-likeness (QED) is 0.761. The van der Waals surface area contributed by atoms with E-state index >= 15 is 0 Å². The fourth-order valence-corrected chi connectivity index (χ4v) is 1.98. The monoisotopic (exact) mass is 309 g/mol. The first-order valence-corrected chi connectivity index (χ1v) is 7.46. The molecule has 0 amide bonds. The van der Waals surface area contributed by atoms with Crippen LogP contribution in [0.15, 0.2) is 48.5 Å². The standard InChI is InChI=1S/C19H19NO3/c1-14(2)22-12-15-7-9-16(10-8-15)19(21)23-13-18-6-4-3-5-17(18)11-20/h3-10,14H,12-13H2,1-2H3. The Hall–Kier alpha value is -2.64. The number of esters is 1. The molecule has 0 unspecified atom stereocenters. The molecule has 2 rings (SSSR count). The maximum atomic E-state index is 12.1. The van der Waals surface area contributed by atoms with E-state index in [2.05, 4.69) is 6.07 Å². The molecule has 2 aromatic rings. The molecule has 0 atom stereocenters. The molecule has 0 saturated heterocycles. The molecule has 23 heavy (non-hydrogen) atoms. The van der Waals surface area contributed by atoms with Gasteiger partial charge in [-0.05, 0) is 37.6 Å². The summed E-state index contributed by atoms with van der Waals surface area (Å²) in [5.41, 5.74) is 2.70. The molecule has 0 aliphatic carbocycles.